The molecule has 0 spiro atoms. The molecule has 4 nitrogen and oxygen atoms in total. The Morgan fingerprint density at radius 2 is 0.763 bits per heavy atom. The van der Waals surface area contributed by atoms with Crippen LogP contribution in [0.25, 0.3) is 65.4 Å². The highest BCUT2D eigenvalue weighted by atomic mass is 28.3. The van der Waals surface area contributed by atoms with Crippen LogP contribution in [0.15, 0.2) is 191 Å². The molecule has 11 aromatic rings. The fraction of sp³-hybridized carbons (Fsp3) is 0.0741. The van der Waals surface area contributed by atoms with E-state index >= 15 is 0 Å². The molecule has 59 heavy (non-hydrogen) atoms. The summed E-state index contributed by atoms with van der Waals surface area (Å²) in [6.07, 6.45) is 0. The van der Waals surface area contributed by atoms with Crippen LogP contribution in [0.4, 0.5) is 34.1 Å². The van der Waals surface area contributed by atoms with E-state index in [0.717, 1.165) is 99.5 Å². The summed E-state index contributed by atoms with van der Waals surface area (Å²) in [7, 11) is -1.43. The van der Waals surface area contributed by atoms with E-state index in [-0.39, 0.29) is 0 Å². The second-order valence-corrected chi connectivity index (χ2v) is 21.8. The number of hydrogen-bond donors (Lipinski definition) is 0. The van der Waals surface area contributed by atoms with Crippen molar-refractivity contribution in [3.8, 4) is 0 Å². The second-order valence-electron chi connectivity index (χ2n) is 16.7. The van der Waals surface area contributed by atoms with Gasteiger partial charge in [0.05, 0.1) is 8.07 Å². The van der Waals surface area contributed by atoms with Crippen molar-refractivity contribution in [1.29, 1.82) is 0 Å². The fourth-order valence-electron chi connectivity index (χ4n) is 8.73. The van der Waals surface area contributed by atoms with Gasteiger partial charge < -0.3 is 18.6 Å². The standard InChI is InChI=1S/C54H42N2O2Si/c1-35-15-19-42(20-16-35)55(40-11-7-5-8-12-40)44-21-17-36-31-47-51(33-38(36)29-44)57-49-27-28-50-54(53(47)49)48-32-37-18-22-45(30-39(37)34-52(48)58-50)56(41-13-9-6-10-14-41)43-23-25-46(26-24-43)59(2,3)4/h5-34H,1-4H3. The van der Waals surface area contributed by atoms with Crippen LogP contribution in [0.5, 0.6) is 0 Å². The number of benzene rings is 9. The summed E-state index contributed by atoms with van der Waals surface area (Å²) >= 11 is 0. The largest absolute Gasteiger partial charge is 0.456 e. The molecule has 11 rings (SSSR count). The molecule has 0 fully saturated rings. The molecule has 0 atom stereocenters. The van der Waals surface area contributed by atoms with E-state index in [1.807, 2.05) is 6.07 Å². The van der Waals surface area contributed by atoms with Gasteiger partial charge in [0, 0.05) is 55.7 Å². The molecule has 0 aliphatic rings. The number of furan rings is 2. The van der Waals surface area contributed by atoms with Crippen molar-refractivity contribution in [3.05, 3.63) is 188 Å². The van der Waals surface area contributed by atoms with Crippen molar-refractivity contribution < 1.29 is 8.83 Å². The Balaban J connectivity index is 1.03. The number of nitrogens with zero attached hydrogens (tertiary/aromatic N) is 2. The molecule has 0 N–H and O–H groups in total. The van der Waals surface area contributed by atoms with Crippen LogP contribution in [-0.2, 0) is 0 Å². The molecule has 0 bridgehead atoms. The van der Waals surface area contributed by atoms with Crippen LogP contribution in [-0.4, -0.2) is 8.07 Å². The molecule has 0 aliphatic carbocycles. The van der Waals surface area contributed by atoms with Crippen molar-refractivity contribution in [3.63, 3.8) is 0 Å². The third-order valence-electron chi connectivity index (χ3n) is 11.8. The number of fused-ring (bicyclic) bond motifs is 9. The highest BCUT2D eigenvalue weighted by molar-refractivity contribution is 6.88. The predicted octanol–water partition coefficient (Wildman–Crippen LogP) is 15.6. The van der Waals surface area contributed by atoms with Crippen molar-refractivity contribution in [2.75, 3.05) is 9.80 Å². The van der Waals surface area contributed by atoms with Gasteiger partial charge in [-0.15, -0.1) is 0 Å². The minimum atomic E-state index is -1.43. The predicted molar refractivity (Wildman–Crippen MR) is 253 cm³/mol. The second kappa shape index (κ2) is 13.5. The number of aryl methyl sites for hydroxylation is 1. The summed E-state index contributed by atoms with van der Waals surface area (Å²) in [5, 5.41) is 10.3. The Kier molecular flexibility index (Phi) is 8.04. The van der Waals surface area contributed by atoms with Crippen LogP contribution < -0.4 is 15.0 Å². The first kappa shape index (κ1) is 35.1. The number of hydrogen-bond acceptors (Lipinski definition) is 4. The molecule has 0 unspecified atom stereocenters. The molecule has 0 radical (unpaired) electrons. The van der Waals surface area contributed by atoms with Crippen molar-refractivity contribution >= 4 is 113 Å². The summed E-state index contributed by atoms with van der Waals surface area (Å²) in [5.41, 5.74) is 11.3. The molecule has 0 amide bonds. The molecule has 0 saturated heterocycles. The Hall–Kier alpha value is -7.08. The third-order valence-corrected chi connectivity index (χ3v) is 13.8. The molecule has 0 aliphatic heterocycles. The van der Waals surface area contributed by atoms with Crippen molar-refractivity contribution in [2.45, 2.75) is 26.6 Å². The Labute approximate surface area is 344 Å². The lowest BCUT2D eigenvalue weighted by Crippen LogP contribution is -2.37. The minimum absolute atomic E-state index is 0.852. The Morgan fingerprint density at radius 1 is 0.356 bits per heavy atom. The molecule has 5 heteroatoms. The van der Waals surface area contributed by atoms with Crippen molar-refractivity contribution in [2.24, 2.45) is 0 Å². The van der Waals surface area contributed by atoms with E-state index in [9.17, 15) is 0 Å². The third kappa shape index (κ3) is 6.05. The van der Waals surface area contributed by atoms with Crippen LogP contribution in [0, 0.1) is 6.92 Å². The highest BCUT2D eigenvalue weighted by Crippen LogP contribution is 2.44. The van der Waals surface area contributed by atoms with Crippen LogP contribution in [0.2, 0.25) is 19.6 Å². The summed E-state index contributed by atoms with van der Waals surface area (Å²) in [5.74, 6) is 0. The molecule has 284 valence electrons. The quantitative estimate of drug-likeness (QED) is 0.151. The van der Waals surface area contributed by atoms with Gasteiger partial charge in [0.2, 0.25) is 0 Å². The zero-order valence-corrected chi connectivity index (χ0v) is 34.5. The van der Waals surface area contributed by atoms with Gasteiger partial charge in [-0.1, -0.05) is 103 Å². The van der Waals surface area contributed by atoms with Crippen LogP contribution in [0.3, 0.4) is 0 Å². The lowest BCUT2D eigenvalue weighted by molar-refractivity contribution is 0.663. The normalized spacial score (nSPS) is 12.1. The average molecular weight is 779 g/mol. The van der Waals surface area contributed by atoms with Crippen LogP contribution >= 0.6 is 0 Å². The number of rotatable bonds is 7. The molecule has 2 aromatic heterocycles. The first-order chi connectivity index (χ1) is 28.7. The summed E-state index contributed by atoms with van der Waals surface area (Å²) in [4.78, 5) is 4.65. The van der Waals surface area contributed by atoms with Gasteiger partial charge in [0.1, 0.15) is 22.3 Å². The Bertz CT molecular complexity index is 3360. The van der Waals surface area contributed by atoms with E-state index < -0.39 is 8.07 Å². The maximum atomic E-state index is 6.67. The minimum Gasteiger partial charge on any atom is -0.456 e. The van der Waals surface area contributed by atoms with E-state index in [4.69, 9.17) is 8.83 Å². The summed E-state index contributed by atoms with van der Waals surface area (Å²) in [6.45, 7) is 9.30. The lowest BCUT2D eigenvalue weighted by atomic mass is 10.0. The van der Waals surface area contributed by atoms with Crippen LogP contribution in [0.1, 0.15) is 5.56 Å². The summed E-state index contributed by atoms with van der Waals surface area (Å²) in [6, 6.07) is 65.5. The monoisotopic (exact) mass is 778 g/mol. The van der Waals surface area contributed by atoms with E-state index in [1.165, 1.54) is 10.8 Å². The zero-order chi connectivity index (χ0) is 39.8. The van der Waals surface area contributed by atoms with Gasteiger partial charge >= 0.3 is 0 Å². The first-order valence-electron chi connectivity index (χ1n) is 20.3. The Morgan fingerprint density at radius 3 is 1.20 bits per heavy atom. The molecular formula is C54H42N2O2Si. The molecule has 0 saturated carbocycles. The molecule has 9 aromatic carbocycles. The van der Waals surface area contributed by atoms with Gasteiger partial charge in [0.25, 0.3) is 0 Å². The van der Waals surface area contributed by atoms with Gasteiger partial charge in [-0.05, 0) is 138 Å². The van der Waals surface area contributed by atoms with E-state index in [0.29, 0.717) is 0 Å². The maximum Gasteiger partial charge on any atom is 0.136 e. The molecular weight excluding hydrogens is 737 g/mol. The molecule has 2 heterocycles. The number of para-hydroxylation sites is 2. The zero-order valence-electron chi connectivity index (χ0n) is 33.5. The van der Waals surface area contributed by atoms with Gasteiger partial charge in [-0.25, -0.2) is 0 Å². The van der Waals surface area contributed by atoms with Gasteiger partial charge in [-0.2, -0.15) is 0 Å². The lowest BCUT2D eigenvalue weighted by Gasteiger charge is -2.27. The maximum absolute atomic E-state index is 6.67. The van der Waals surface area contributed by atoms with Gasteiger partial charge in [0.15, 0.2) is 0 Å². The fourth-order valence-corrected chi connectivity index (χ4v) is 9.89. The smallest absolute Gasteiger partial charge is 0.136 e. The van der Waals surface area contributed by atoms with Crippen molar-refractivity contribution in [1.82, 2.24) is 0 Å². The topological polar surface area (TPSA) is 32.8 Å². The average Bonchev–Trinajstić information content (AvgIpc) is 3.80. The first-order valence-corrected chi connectivity index (χ1v) is 23.8. The van der Waals surface area contributed by atoms with Gasteiger partial charge in [-0.3, -0.25) is 0 Å². The summed E-state index contributed by atoms with van der Waals surface area (Å²) < 4.78 is 13.3. The van der Waals surface area contributed by atoms with E-state index in [1.54, 1.807) is 0 Å². The van der Waals surface area contributed by atoms with E-state index in [2.05, 4.69) is 212 Å². The highest BCUT2D eigenvalue weighted by Gasteiger charge is 2.21. The SMILES string of the molecule is Cc1ccc(N(c2ccccc2)c2ccc3cc4c(cc3c2)oc2ccc3oc5cc6cc(N(c7ccccc7)c7ccc([Si](C)(C)C)cc7)ccc6cc5c3c24)cc1. The number of anilines is 6.